The Morgan fingerprint density at radius 2 is 1.00 bits per heavy atom. The second-order valence-electron chi connectivity index (χ2n) is 7.90. The molecule has 0 radical (unpaired) electrons. The Balaban J connectivity index is 1.57. The highest BCUT2D eigenvalue weighted by molar-refractivity contribution is 6.35. The van der Waals surface area contributed by atoms with Gasteiger partial charge in [0.1, 0.15) is 0 Å². The lowest BCUT2D eigenvalue weighted by molar-refractivity contribution is -0.122. The Labute approximate surface area is 177 Å². The van der Waals surface area contributed by atoms with E-state index in [1.807, 2.05) is 24.3 Å². The second kappa shape index (κ2) is 5.94. The molecule has 29 heavy (non-hydrogen) atoms. The van der Waals surface area contributed by atoms with Gasteiger partial charge < -0.3 is 0 Å². The van der Waals surface area contributed by atoms with Crippen LogP contribution in [0, 0.1) is 11.8 Å². The van der Waals surface area contributed by atoms with Crippen LogP contribution in [0.25, 0.3) is 0 Å². The summed E-state index contributed by atoms with van der Waals surface area (Å²) >= 11 is 12.3. The molecule has 3 aromatic rings. The number of hydrogen-bond acceptors (Lipinski definition) is 2. The number of anilines is 1. The van der Waals surface area contributed by atoms with E-state index < -0.39 is 11.8 Å². The van der Waals surface area contributed by atoms with Crippen LogP contribution in [-0.4, -0.2) is 11.8 Å². The van der Waals surface area contributed by atoms with E-state index in [1.54, 1.807) is 18.2 Å². The maximum Gasteiger partial charge on any atom is 0.238 e. The number of carbonyl (C=O) groups is 2. The van der Waals surface area contributed by atoms with E-state index in [1.165, 1.54) is 4.90 Å². The van der Waals surface area contributed by atoms with Crippen LogP contribution in [0.2, 0.25) is 10.0 Å². The molecule has 0 spiro atoms. The van der Waals surface area contributed by atoms with Gasteiger partial charge in [0.2, 0.25) is 11.8 Å². The molecule has 0 saturated carbocycles. The van der Waals surface area contributed by atoms with Crippen LogP contribution >= 0.6 is 23.2 Å². The van der Waals surface area contributed by atoms with Gasteiger partial charge in [0.05, 0.1) is 17.5 Å². The molecule has 0 unspecified atom stereocenters. The third-order valence-corrected chi connectivity index (χ3v) is 6.99. The van der Waals surface area contributed by atoms with Crippen molar-refractivity contribution in [1.82, 2.24) is 0 Å². The minimum atomic E-state index is -0.407. The van der Waals surface area contributed by atoms with Crippen LogP contribution in [0.1, 0.15) is 34.1 Å². The fourth-order valence-corrected chi connectivity index (χ4v) is 6.11. The average molecular weight is 420 g/mol. The zero-order valence-corrected chi connectivity index (χ0v) is 16.7. The molecule has 7 rings (SSSR count). The summed E-state index contributed by atoms with van der Waals surface area (Å²) in [4.78, 5) is 28.5. The molecular formula is C24H15Cl2NO2. The van der Waals surface area contributed by atoms with E-state index in [0.29, 0.717) is 15.7 Å². The lowest BCUT2D eigenvalue weighted by atomic mass is 9.55. The predicted octanol–water partition coefficient (Wildman–Crippen LogP) is 5.39. The zero-order valence-electron chi connectivity index (χ0n) is 15.2. The zero-order chi connectivity index (χ0) is 19.9. The Morgan fingerprint density at radius 3 is 1.38 bits per heavy atom. The molecule has 3 nitrogen and oxygen atoms in total. The summed E-state index contributed by atoms with van der Waals surface area (Å²) in [6.07, 6.45) is 0. The smallest absolute Gasteiger partial charge is 0.238 e. The first-order valence-electron chi connectivity index (χ1n) is 9.58. The molecule has 2 bridgehead atoms. The first-order valence-corrected chi connectivity index (χ1v) is 10.3. The highest BCUT2D eigenvalue weighted by Gasteiger charge is 2.61. The maximum atomic E-state index is 13.6. The summed E-state index contributed by atoms with van der Waals surface area (Å²) in [5.74, 6) is -1.39. The lowest BCUT2D eigenvalue weighted by Crippen LogP contribution is -2.41. The van der Waals surface area contributed by atoms with Crippen LogP contribution in [0.3, 0.4) is 0 Å². The van der Waals surface area contributed by atoms with Crippen molar-refractivity contribution in [2.24, 2.45) is 11.8 Å². The van der Waals surface area contributed by atoms with Gasteiger partial charge in [0.25, 0.3) is 0 Å². The number of rotatable bonds is 1. The second-order valence-corrected chi connectivity index (χ2v) is 8.78. The van der Waals surface area contributed by atoms with Crippen molar-refractivity contribution in [3.63, 3.8) is 0 Å². The summed E-state index contributed by atoms with van der Waals surface area (Å²) in [7, 11) is 0. The van der Waals surface area contributed by atoms with Crippen molar-refractivity contribution >= 4 is 40.7 Å². The summed E-state index contributed by atoms with van der Waals surface area (Å²) in [6.45, 7) is 0. The Morgan fingerprint density at radius 1 is 0.621 bits per heavy atom. The van der Waals surface area contributed by atoms with Gasteiger partial charge in [-0.25, -0.2) is 4.90 Å². The summed E-state index contributed by atoms with van der Waals surface area (Å²) in [5, 5.41) is 0.801. The molecule has 2 amide bonds. The van der Waals surface area contributed by atoms with Gasteiger partial charge in [-0.05, 0) is 40.5 Å². The fourth-order valence-electron chi connectivity index (χ4n) is 5.60. The third kappa shape index (κ3) is 2.20. The number of halogens is 2. The van der Waals surface area contributed by atoms with E-state index >= 15 is 0 Å². The molecule has 1 fully saturated rings. The number of imide groups is 1. The van der Waals surface area contributed by atoms with Crippen molar-refractivity contribution in [3.8, 4) is 0 Å². The number of nitrogens with zero attached hydrogens (tertiary/aromatic N) is 1. The molecule has 142 valence electrons. The van der Waals surface area contributed by atoms with Crippen molar-refractivity contribution in [2.75, 3.05) is 4.90 Å². The molecular weight excluding hydrogens is 405 g/mol. The Bertz CT molecular complexity index is 1090. The topological polar surface area (TPSA) is 37.4 Å². The SMILES string of the molecule is O=C1[C@@H]2C3c4ccccc4C(c4ccccc43)[C@@H]2C(=O)N1c1cc(Cl)cc(Cl)c1. The summed E-state index contributed by atoms with van der Waals surface area (Å²) in [5.41, 5.74) is 5.07. The van der Waals surface area contributed by atoms with Crippen molar-refractivity contribution in [1.29, 1.82) is 0 Å². The lowest BCUT2D eigenvalue weighted by Gasteiger charge is -2.45. The van der Waals surface area contributed by atoms with E-state index in [0.717, 1.165) is 22.3 Å². The molecule has 0 aromatic heterocycles. The fraction of sp³-hybridized carbons (Fsp3) is 0.167. The molecule has 2 atom stereocenters. The highest BCUT2D eigenvalue weighted by Crippen LogP contribution is 2.61. The van der Waals surface area contributed by atoms with Crippen LogP contribution < -0.4 is 4.90 Å². The monoisotopic (exact) mass is 419 g/mol. The van der Waals surface area contributed by atoms with Gasteiger partial charge in [0, 0.05) is 21.9 Å². The van der Waals surface area contributed by atoms with Gasteiger partial charge >= 0.3 is 0 Å². The quantitative estimate of drug-likeness (QED) is 0.495. The highest BCUT2D eigenvalue weighted by atomic mass is 35.5. The maximum absolute atomic E-state index is 13.6. The molecule has 5 heteroatoms. The van der Waals surface area contributed by atoms with Gasteiger partial charge in [-0.15, -0.1) is 0 Å². The van der Waals surface area contributed by atoms with Crippen molar-refractivity contribution in [3.05, 3.63) is 99.0 Å². The number of benzene rings is 3. The van der Waals surface area contributed by atoms with Crippen LogP contribution in [-0.2, 0) is 9.59 Å². The van der Waals surface area contributed by atoms with E-state index in [-0.39, 0.29) is 23.7 Å². The van der Waals surface area contributed by atoms with Gasteiger partial charge in [-0.1, -0.05) is 71.7 Å². The molecule has 3 aliphatic carbocycles. The molecule has 3 aromatic carbocycles. The summed E-state index contributed by atoms with van der Waals surface area (Å²) in [6, 6.07) is 21.3. The molecule has 1 heterocycles. The Kier molecular flexibility index (Phi) is 3.54. The standard InChI is InChI=1S/C24H15Cl2NO2/c25-12-9-13(26)11-14(10-12)27-23(28)21-19-15-5-1-2-6-16(15)20(22(21)24(27)29)18-8-4-3-7-17(18)19/h1-11,19-22H/t19?,20?,21-,22+. The minimum absolute atomic E-state index is 0.117. The van der Waals surface area contributed by atoms with E-state index in [4.69, 9.17) is 23.2 Å². The van der Waals surface area contributed by atoms with Gasteiger partial charge in [0.15, 0.2) is 0 Å². The van der Waals surface area contributed by atoms with Crippen LogP contribution in [0.4, 0.5) is 5.69 Å². The van der Waals surface area contributed by atoms with Gasteiger partial charge in [-0.2, -0.15) is 0 Å². The normalized spacial score (nSPS) is 26.3. The number of amides is 2. The minimum Gasteiger partial charge on any atom is -0.274 e. The van der Waals surface area contributed by atoms with E-state index in [9.17, 15) is 9.59 Å². The average Bonchev–Trinajstić information content (AvgIpc) is 2.98. The van der Waals surface area contributed by atoms with E-state index in [2.05, 4.69) is 24.3 Å². The van der Waals surface area contributed by atoms with Crippen molar-refractivity contribution in [2.45, 2.75) is 11.8 Å². The first kappa shape index (κ1) is 17.3. The Hall–Kier alpha value is -2.62. The van der Waals surface area contributed by atoms with Crippen LogP contribution in [0.5, 0.6) is 0 Å². The molecule has 4 aliphatic rings. The third-order valence-electron chi connectivity index (χ3n) is 6.55. The molecule has 1 aliphatic heterocycles. The molecule has 0 N–H and O–H groups in total. The predicted molar refractivity (Wildman–Crippen MR) is 113 cm³/mol. The molecule has 1 saturated heterocycles. The summed E-state index contributed by atoms with van der Waals surface area (Å²) < 4.78 is 0. The van der Waals surface area contributed by atoms with Crippen LogP contribution in [0.15, 0.2) is 66.7 Å². The first-order chi connectivity index (χ1) is 14.1. The van der Waals surface area contributed by atoms with Gasteiger partial charge in [-0.3, -0.25) is 9.59 Å². The largest absolute Gasteiger partial charge is 0.274 e. The van der Waals surface area contributed by atoms with Crippen molar-refractivity contribution < 1.29 is 9.59 Å². The number of hydrogen-bond donors (Lipinski definition) is 0. The number of carbonyl (C=O) groups excluding carboxylic acids is 2.